The van der Waals surface area contributed by atoms with Crippen LogP contribution in [0.2, 0.25) is 0 Å². The first-order chi connectivity index (χ1) is 9.25. The van der Waals surface area contributed by atoms with Crippen LogP contribution >= 0.6 is 0 Å². The molecular formula is C15H22N2O2. The quantitative estimate of drug-likeness (QED) is 0.747. The molecule has 0 aliphatic heterocycles. The average Bonchev–Trinajstić information content (AvgIpc) is 2.45. The van der Waals surface area contributed by atoms with Gasteiger partial charge in [0.2, 0.25) is 5.91 Å². The number of benzene rings is 1. The van der Waals surface area contributed by atoms with E-state index < -0.39 is 0 Å². The van der Waals surface area contributed by atoms with Gasteiger partial charge in [0.15, 0.2) is 0 Å². The Morgan fingerprint density at radius 2 is 1.95 bits per heavy atom. The number of hydrogen-bond donors (Lipinski definition) is 3. The van der Waals surface area contributed by atoms with E-state index in [0.717, 1.165) is 31.2 Å². The van der Waals surface area contributed by atoms with Crippen LogP contribution in [-0.2, 0) is 11.3 Å². The fourth-order valence-electron chi connectivity index (χ4n) is 2.43. The maximum absolute atomic E-state index is 11.7. The first-order valence-electron chi connectivity index (χ1n) is 6.98. The van der Waals surface area contributed by atoms with Gasteiger partial charge in [-0.1, -0.05) is 43.2 Å². The lowest BCUT2D eigenvalue weighted by atomic mass is 9.93. The number of rotatable bonds is 5. The molecule has 0 radical (unpaired) electrons. The molecule has 4 nitrogen and oxygen atoms in total. The summed E-state index contributed by atoms with van der Waals surface area (Å²) in [7, 11) is 0. The molecule has 3 N–H and O–H groups in total. The number of aliphatic hydroxyl groups is 1. The first-order valence-corrected chi connectivity index (χ1v) is 6.98. The van der Waals surface area contributed by atoms with Crippen LogP contribution in [0.3, 0.4) is 0 Å². The van der Waals surface area contributed by atoms with Crippen LogP contribution < -0.4 is 10.6 Å². The summed E-state index contributed by atoms with van der Waals surface area (Å²) in [5.41, 5.74) is 1.09. The van der Waals surface area contributed by atoms with Crippen LogP contribution in [0.15, 0.2) is 30.3 Å². The molecule has 0 bridgehead atoms. The standard InChI is InChI=1S/C15H22N2O2/c18-14-9-5-4-8-13(14)16-11-15(19)17-10-12-6-2-1-3-7-12/h1-3,6-7,13-14,16,18H,4-5,8-11H2,(H,17,19). The van der Waals surface area contributed by atoms with E-state index in [-0.39, 0.29) is 24.6 Å². The molecule has 1 aliphatic rings. The summed E-state index contributed by atoms with van der Waals surface area (Å²) in [4.78, 5) is 11.7. The normalized spacial score (nSPS) is 23.0. The molecule has 1 saturated carbocycles. The van der Waals surface area contributed by atoms with Crippen molar-refractivity contribution in [3.05, 3.63) is 35.9 Å². The van der Waals surface area contributed by atoms with E-state index in [1.54, 1.807) is 0 Å². The highest BCUT2D eigenvalue weighted by molar-refractivity contribution is 5.78. The number of amides is 1. The topological polar surface area (TPSA) is 61.4 Å². The van der Waals surface area contributed by atoms with Gasteiger partial charge in [0, 0.05) is 12.6 Å². The van der Waals surface area contributed by atoms with Gasteiger partial charge < -0.3 is 15.7 Å². The molecule has 0 spiro atoms. The van der Waals surface area contributed by atoms with Crippen molar-refractivity contribution < 1.29 is 9.90 Å². The maximum Gasteiger partial charge on any atom is 0.234 e. The number of hydrogen-bond acceptors (Lipinski definition) is 3. The fraction of sp³-hybridized carbons (Fsp3) is 0.533. The maximum atomic E-state index is 11.7. The minimum absolute atomic E-state index is 0.0263. The second kappa shape index (κ2) is 7.26. The highest BCUT2D eigenvalue weighted by atomic mass is 16.3. The van der Waals surface area contributed by atoms with E-state index in [4.69, 9.17) is 0 Å². The predicted molar refractivity (Wildman–Crippen MR) is 74.6 cm³/mol. The van der Waals surface area contributed by atoms with E-state index in [2.05, 4.69) is 10.6 Å². The Kier molecular flexibility index (Phi) is 5.36. The van der Waals surface area contributed by atoms with Gasteiger partial charge in [0.05, 0.1) is 12.6 Å². The largest absolute Gasteiger partial charge is 0.392 e. The zero-order valence-electron chi connectivity index (χ0n) is 11.1. The summed E-state index contributed by atoms with van der Waals surface area (Å²) in [6.07, 6.45) is 3.69. The summed E-state index contributed by atoms with van der Waals surface area (Å²) in [5, 5.41) is 15.8. The highest BCUT2D eigenvalue weighted by Gasteiger charge is 2.22. The zero-order chi connectivity index (χ0) is 13.5. The molecule has 1 aromatic rings. The highest BCUT2D eigenvalue weighted by Crippen LogP contribution is 2.17. The van der Waals surface area contributed by atoms with Gasteiger partial charge in [-0.25, -0.2) is 0 Å². The third kappa shape index (κ3) is 4.65. The van der Waals surface area contributed by atoms with Crippen molar-refractivity contribution >= 4 is 5.91 Å². The van der Waals surface area contributed by atoms with Crippen molar-refractivity contribution in [1.82, 2.24) is 10.6 Å². The van der Waals surface area contributed by atoms with Crippen molar-refractivity contribution in [3.63, 3.8) is 0 Å². The Balaban J connectivity index is 1.67. The fourth-order valence-corrected chi connectivity index (χ4v) is 2.43. The Hall–Kier alpha value is -1.39. The lowest BCUT2D eigenvalue weighted by Crippen LogP contribution is -2.46. The van der Waals surface area contributed by atoms with Gasteiger partial charge in [0.1, 0.15) is 0 Å². The Bertz CT molecular complexity index is 394. The summed E-state index contributed by atoms with van der Waals surface area (Å²) in [6.45, 7) is 0.823. The Labute approximate surface area is 114 Å². The first kappa shape index (κ1) is 14.0. The van der Waals surface area contributed by atoms with Crippen molar-refractivity contribution in [3.8, 4) is 0 Å². The SMILES string of the molecule is O=C(CNC1CCCCC1O)NCc1ccccc1. The monoisotopic (exact) mass is 262 g/mol. The van der Waals surface area contributed by atoms with E-state index in [1.165, 1.54) is 0 Å². The van der Waals surface area contributed by atoms with Crippen LogP contribution in [0.4, 0.5) is 0 Å². The van der Waals surface area contributed by atoms with Gasteiger partial charge in [-0.3, -0.25) is 4.79 Å². The molecule has 2 atom stereocenters. The second-order valence-electron chi connectivity index (χ2n) is 5.10. The molecule has 4 heteroatoms. The van der Waals surface area contributed by atoms with Crippen molar-refractivity contribution in [2.75, 3.05) is 6.54 Å². The number of carbonyl (C=O) groups excluding carboxylic acids is 1. The number of nitrogens with one attached hydrogen (secondary N) is 2. The molecule has 104 valence electrons. The Morgan fingerprint density at radius 3 is 2.68 bits per heavy atom. The third-order valence-corrected chi connectivity index (χ3v) is 3.59. The van der Waals surface area contributed by atoms with Gasteiger partial charge >= 0.3 is 0 Å². The van der Waals surface area contributed by atoms with Gasteiger partial charge in [-0.05, 0) is 18.4 Å². The molecular weight excluding hydrogens is 240 g/mol. The summed E-state index contributed by atoms with van der Waals surface area (Å²) in [5.74, 6) is -0.0263. The number of aliphatic hydroxyl groups excluding tert-OH is 1. The van der Waals surface area contributed by atoms with Gasteiger partial charge in [-0.15, -0.1) is 0 Å². The molecule has 2 unspecified atom stereocenters. The molecule has 1 aromatic carbocycles. The molecule has 2 rings (SSSR count). The van der Waals surface area contributed by atoms with E-state index in [9.17, 15) is 9.90 Å². The van der Waals surface area contributed by atoms with E-state index in [0.29, 0.717) is 6.54 Å². The van der Waals surface area contributed by atoms with Gasteiger partial charge in [-0.2, -0.15) is 0 Å². The Morgan fingerprint density at radius 1 is 1.21 bits per heavy atom. The van der Waals surface area contributed by atoms with Crippen molar-refractivity contribution in [2.24, 2.45) is 0 Å². The van der Waals surface area contributed by atoms with E-state index in [1.807, 2.05) is 30.3 Å². The average molecular weight is 262 g/mol. The number of carbonyl (C=O) groups is 1. The smallest absolute Gasteiger partial charge is 0.234 e. The van der Waals surface area contributed by atoms with Crippen molar-refractivity contribution in [1.29, 1.82) is 0 Å². The van der Waals surface area contributed by atoms with Crippen LogP contribution in [-0.4, -0.2) is 29.7 Å². The predicted octanol–water partition coefficient (Wildman–Crippen LogP) is 1.20. The minimum atomic E-state index is -0.310. The molecule has 1 amide bonds. The lowest BCUT2D eigenvalue weighted by Gasteiger charge is -2.28. The van der Waals surface area contributed by atoms with Crippen LogP contribution in [0.1, 0.15) is 31.2 Å². The van der Waals surface area contributed by atoms with E-state index >= 15 is 0 Å². The molecule has 1 fully saturated rings. The molecule has 0 aromatic heterocycles. The third-order valence-electron chi connectivity index (χ3n) is 3.59. The molecule has 1 aliphatic carbocycles. The van der Waals surface area contributed by atoms with Crippen LogP contribution in [0.5, 0.6) is 0 Å². The van der Waals surface area contributed by atoms with Crippen molar-refractivity contribution in [2.45, 2.75) is 44.4 Å². The molecule has 19 heavy (non-hydrogen) atoms. The lowest BCUT2D eigenvalue weighted by molar-refractivity contribution is -0.120. The summed E-state index contributed by atoms with van der Waals surface area (Å²) >= 11 is 0. The van der Waals surface area contributed by atoms with Gasteiger partial charge in [0.25, 0.3) is 0 Å². The zero-order valence-corrected chi connectivity index (χ0v) is 11.1. The van der Waals surface area contributed by atoms with Crippen LogP contribution in [0, 0.1) is 0 Å². The molecule has 0 heterocycles. The van der Waals surface area contributed by atoms with Crippen LogP contribution in [0.25, 0.3) is 0 Å². The summed E-state index contributed by atoms with van der Waals surface area (Å²) < 4.78 is 0. The summed E-state index contributed by atoms with van der Waals surface area (Å²) in [6, 6.07) is 9.90. The minimum Gasteiger partial charge on any atom is -0.392 e. The molecule has 0 saturated heterocycles. The second-order valence-corrected chi connectivity index (χ2v) is 5.10.